The lowest BCUT2D eigenvalue weighted by atomic mass is 10.1. The van der Waals surface area contributed by atoms with Crippen LogP contribution in [-0.4, -0.2) is 23.8 Å². The van der Waals surface area contributed by atoms with Crippen LogP contribution in [0.2, 0.25) is 0 Å². The van der Waals surface area contributed by atoms with Crippen molar-refractivity contribution in [2.45, 2.75) is 19.1 Å². The Bertz CT molecular complexity index is 448. The average molecular weight is 279 g/mol. The van der Waals surface area contributed by atoms with Crippen LogP contribution in [0.15, 0.2) is 24.3 Å². The third-order valence-corrected chi connectivity index (χ3v) is 2.69. The maximum Gasteiger partial charge on any atom is 0.403 e. The lowest BCUT2D eigenvalue weighted by molar-refractivity contribution is -0.192. The minimum absolute atomic E-state index is 0.189. The van der Waals surface area contributed by atoms with Gasteiger partial charge in [0.1, 0.15) is 5.82 Å². The van der Waals surface area contributed by atoms with Gasteiger partial charge in [0.2, 0.25) is 0 Å². The summed E-state index contributed by atoms with van der Waals surface area (Å²) in [6, 6.07) is 4.91. The third-order valence-electron chi connectivity index (χ3n) is 2.69. The smallest absolute Gasteiger partial charge is 0.403 e. The first kappa shape index (κ1) is 15.4. The molecule has 0 saturated carbocycles. The fourth-order valence-electron chi connectivity index (χ4n) is 1.57. The van der Waals surface area contributed by atoms with Gasteiger partial charge in [-0.1, -0.05) is 18.2 Å². The number of nitrogens with one attached hydrogen (secondary N) is 1. The molecule has 0 saturated heterocycles. The first-order valence-electron chi connectivity index (χ1n) is 5.50. The van der Waals surface area contributed by atoms with Crippen molar-refractivity contribution in [1.29, 1.82) is 0 Å². The van der Waals surface area contributed by atoms with E-state index in [1.165, 1.54) is 25.1 Å². The SMILES string of the molecule is C[C@@H](NCC(C(=O)O)C(F)(F)F)c1ccccc1F. The van der Waals surface area contributed by atoms with Gasteiger partial charge in [-0.3, -0.25) is 4.79 Å². The Kier molecular flexibility index (Phi) is 4.88. The summed E-state index contributed by atoms with van der Waals surface area (Å²) in [5.74, 6) is -5.02. The minimum atomic E-state index is -4.84. The number of hydrogen-bond acceptors (Lipinski definition) is 2. The van der Waals surface area contributed by atoms with Gasteiger partial charge in [0.25, 0.3) is 0 Å². The molecule has 106 valence electrons. The van der Waals surface area contributed by atoms with E-state index in [1.807, 2.05) is 0 Å². The molecular formula is C12H13F4NO2. The molecular weight excluding hydrogens is 266 g/mol. The highest BCUT2D eigenvalue weighted by atomic mass is 19.4. The molecule has 7 heteroatoms. The normalized spacial score (nSPS) is 15.0. The van der Waals surface area contributed by atoms with E-state index in [1.54, 1.807) is 6.07 Å². The van der Waals surface area contributed by atoms with E-state index in [0.717, 1.165) is 0 Å². The molecule has 3 nitrogen and oxygen atoms in total. The second kappa shape index (κ2) is 6.01. The Balaban J connectivity index is 2.70. The Morgan fingerprint density at radius 1 is 1.37 bits per heavy atom. The molecule has 0 spiro atoms. The summed E-state index contributed by atoms with van der Waals surface area (Å²) >= 11 is 0. The predicted octanol–water partition coefficient (Wildman–Crippen LogP) is 2.74. The number of aliphatic carboxylic acids is 1. The first-order chi connectivity index (χ1) is 8.73. The Hall–Kier alpha value is -1.63. The van der Waals surface area contributed by atoms with Crippen LogP contribution in [0.5, 0.6) is 0 Å². The molecule has 0 aliphatic heterocycles. The fourth-order valence-corrected chi connectivity index (χ4v) is 1.57. The van der Waals surface area contributed by atoms with Gasteiger partial charge in [0, 0.05) is 18.2 Å². The molecule has 2 atom stereocenters. The molecule has 2 N–H and O–H groups in total. The van der Waals surface area contributed by atoms with Crippen molar-refractivity contribution in [1.82, 2.24) is 5.32 Å². The Labute approximate surface area is 107 Å². The van der Waals surface area contributed by atoms with E-state index in [9.17, 15) is 22.4 Å². The van der Waals surface area contributed by atoms with Gasteiger partial charge in [-0.15, -0.1) is 0 Å². The van der Waals surface area contributed by atoms with E-state index in [2.05, 4.69) is 5.32 Å². The summed E-state index contributed by atoms with van der Waals surface area (Å²) in [4.78, 5) is 10.5. The number of alkyl halides is 3. The van der Waals surface area contributed by atoms with Gasteiger partial charge < -0.3 is 10.4 Å². The van der Waals surface area contributed by atoms with Crippen LogP contribution in [0.3, 0.4) is 0 Å². The molecule has 0 amide bonds. The summed E-state index contributed by atoms with van der Waals surface area (Å²) in [7, 11) is 0. The molecule has 0 aliphatic rings. The van der Waals surface area contributed by atoms with E-state index in [0.29, 0.717) is 0 Å². The van der Waals surface area contributed by atoms with Gasteiger partial charge in [-0.05, 0) is 13.0 Å². The van der Waals surface area contributed by atoms with Gasteiger partial charge in [0.15, 0.2) is 5.92 Å². The molecule has 0 radical (unpaired) electrons. The van der Waals surface area contributed by atoms with Crippen LogP contribution >= 0.6 is 0 Å². The molecule has 0 bridgehead atoms. The van der Waals surface area contributed by atoms with Crippen molar-refractivity contribution in [3.63, 3.8) is 0 Å². The molecule has 19 heavy (non-hydrogen) atoms. The van der Waals surface area contributed by atoms with Gasteiger partial charge >= 0.3 is 12.1 Å². The highest BCUT2D eigenvalue weighted by Crippen LogP contribution is 2.26. The number of hydrogen-bond donors (Lipinski definition) is 2. The average Bonchev–Trinajstić information content (AvgIpc) is 2.27. The van der Waals surface area contributed by atoms with Crippen LogP contribution in [0, 0.1) is 11.7 Å². The van der Waals surface area contributed by atoms with E-state index in [4.69, 9.17) is 5.11 Å². The van der Waals surface area contributed by atoms with Crippen molar-refractivity contribution >= 4 is 5.97 Å². The predicted molar refractivity (Wildman–Crippen MR) is 60.0 cm³/mol. The van der Waals surface area contributed by atoms with E-state index < -0.39 is 36.5 Å². The zero-order chi connectivity index (χ0) is 14.6. The van der Waals surface area contributed by atoms with Crippen LogP contribution in [0.25, 0.3) is 0 Å². The molecule has 0 aliphatic carbocycles. The van der Waals surface area contributed by atoms with Crippen LogP contribution in [-0.2, 0) is 4.79 Å². The highest BCUT2D eigenvalue weighted by Gasteiger charge is 2.44. The molecule has 0 aromatic heterocycles. The molecule has 1 aromatic rings. The fraction of sp³-hybridized carbons (Fsp3) is 0.417. The second-order valence-electron chi connectivity index (χ2n) is 4.08. The number of carboxylic acids is 1. The lowest BCUT2D eigenvalue weighted by Crippen LogP contribution is -2.39. The van der Waals surface area contributed by atoms with Gasteiger partial charge in [0.05, 0.1) is 0 Å². The second-order valence-corrected chi connectivity index (χ2v) is 4.08. The summed E-state index contributed by atoms with van der Waals surface area (Å²) in [6.07, 6.45) is -4.84. The lowest BCUT2D eigenvalue weighted by Gasteiger charge is -2.20. The van der Waals surface area contributed by atoms with Crippen molar-refractivity contribution in [2.75, 3.05) is 6.54 Å². The van der Waals surface area contributed by atoms with Crippen molar-refractivity contribution in [3.05, 3.63) is 35.6 Å². The highest BCUT2D eigenvalue weighted by molar-refractivity contribution is 5.71. The van der Waals surface area contributed by atoms with Crippen LogP contribution < -0.4 is 5.32 Å². The van der Waals surface area contributed by atoms with Gasteiger partial charge in [-0.2, -0.15) is 13.2 Å². The largest absolute Gasteiger partial charge is 0.481 e. The summed E-state index contributed by atoms with van der Waals surface area (Å²) in [5.41, 5.74) is 0.189. The maximum atomic E-state index is 13.4. The van der Waals surface area contributed by atoms with Crippen molar-refractivity contribution in [3.8, 4) is 0 Å². The third kappa shape index (κ3) is 4.20. The van der Waals surface area contributed by atoms with Crippen LogP contribution in [0.1, 0.15) is 18.5 Å². The maximum absolute atomic E-state index is 13.4. The topological polar surface area (TPSA) is 49.3 Å². The zero-order valence-corrected chi connectivity index (χ0v) is 10.0. The number of carboxylic acid groups (broad SMARTS) is 1. The van der Waals surface area contributed by atoms with Crippen LogP contribution in [0.4, 0.5) is 17.6 Å². The molecule has 0 fully saturated rings. The standard InChI is InChI=1S/C12H13F4NO2/c1-7(8-4-2-3-5-10(8)13)17-6-9(11(18)19)12(14,15)16/h2-5,7,9,17H,6H2,1H3,(H,18,19)/t7-,9?/m1/s1. The zero-order valence-electron chi connectivity index (χ0n) is 10.0. The van der Waals surface area contributed by atoms with Gasteiger partial charge in [-0.25, -0.2) is 4.39 Å². The minimum Gasteiger partial charge on any atom is -0.481 e. The van der Waals surface area contributed by atoms with Crippen molar-refractivity contribution in [2.24, 2.45) is 5.92 Å². The molecule has 1 unspecified atom stereocenters. The number of rotatable bonds is 5. The summed E-state index contributed by atoms with van der Waals surface area (Å²) in [6.45, 7) is 0.655. The number of halogens is 4. The number of carbonyl (C=O) groups is 1. The Morgan fingerprint density at radius 3 is 2.42 bits per heavy atom. The molecule has 1 rings (SSSR count). The summed E-state index contributed by atoms with van der Waals surface area (Å²) in [5, 5.41) is 10.9. The monoisotopic (exact) mass is 279 g/mol. The van der Waals surface area contributed by atoms with E-state index >= 15 is 0 Å². The Morgan fingerprint density at radius 2 is 1.95 bits per heavy atom. The quantitative estimate of drug-likeness (QED) is 0.815. The summed E-state index contributed by atoms with van der Waals surface area (Å²) < 4.78 is 50.6. The molecule has 0 heterocycles. The van der Waals surface area contributed by atoms with Crippen molar-refractivity contribution < 1.29 is 27.5 Å². The molecule has 1 aromatic carbocycles. The number of benzene rings is 1. The first-order valence-corrected chi connectivity index (χ1v) is 5.50. The van der Waals surface area contributed by atoms with E-state index in [-0.39, 0.29) is 5.56 Å².